The van der Waals surface area contributed by atoms with E-state index in [0.717, 1.165) is 44.0 Å². The van der Waals surface area contributed by atoms with Crippen LogP contribution in [0, 0.1) is 5.92 Å². The van der Waals surface area contributed by atoms with Crippen molar-refractivity contribution in [2.45, 2.75) is 33.2 Å². The first-order valence-electron chi connectivity index (χ1n) is 8.61. The minimum Gasteiger partial charge on any atom is -0.508 e. The van der Waals surface area contributed by atoms with E-state index in [1.54, 1.807) is 12.1 Å². The Morgan fingerprint density at radius 2 is 2.08 bits per heavy atom. The van der Waals surface area contributed by atoms with Crippen LogP contribution >= 0.6 is 24.0 Å². The second kappa shape index (κ2) is 11.2. The third-order valence-corrected chi connectivity index (χ3v) is 4.07. The number of guanidine groups is 1. The lowest BCUT2D eigenvalue weighted by atomic mass is 9.97. The summed E-state index contributed by atoms with van der Waals surface area (Å²) in [7, 11) is 0. The molecule has 2 N–H and O–H groups in total. The van der Waals surface area contributed by atoms with Crippen molar-refractivity contribution in [2.75, 3.05) is 26.2 Å². The molecule has 0 radical (unpaired) electrons. The molecule has 1 aromatic rings. The molecule has 1 aliphatic rings. The first-order chi connectivity index (χ1) is 11.6. The van der Waals surface area contributed by atoms with E-state index in [-0.39, 0.29) is 41.6 Å². The van der Waals surface area contributed by atoms with Crippen molar-refractivity contribution in [3.63, 3.8) is 0 Å². The first-order valence-corrected chi connectivity index (χ1v) is 8.61. The Morgan fingerprint density at radius 1 is 1.36 bits per heavy atom. The van der Waals surface area contributed by atoms with E-state index in [1.165, 1.54) is 0 Å². The van der Waals surface area contributed by atoms with Crippen LogP contribution in [0.15, 0.2) is 29.3 Å². The van der Waals surface area contributed by atoms with Gasteiger partial charge in [0.1, 0.15) is 5.75 Å². The van der Waals surface area contributed by atoms with Crippen LogP contribution in [-0.2, 0) is 16.1 Å². The topological polar surface area (TPSA) is 74.2 Å². The number of phenols is 1. The molecule has 25 heavy (non-hydrogen) atoms. The third-order valence-electron chi connectivity index (χ3n) is 4.07. The van der Waals surface area contributed by atoms with Crippen LogP contribution in [0.3, 0.4) is 0 Å². The first kappa shape index (κ1) is 21.5. The summed E-state index contributed by atoms with van der Waals surface area (Å²) >= 11 is 0. The fraction of sp³-hybridized carbons (Fsp3) is 0.556. The van der Waals surface area contributed by atoms with Crippen LogP contribution in [0.2, 0.25) is 0 Å². The average Bonchev–Trinajstić information content (AvgIpc) is 2.59. The number of ether oxygens (including phenoxy) is 1. The molecule has 0 saturated carbocycles. The highest BCUT2D eigenvalue weighted by Gasteiger charge is 2.27. The summed E-state index contributed by atoms with van der Waals surface area (Å²) in [5, 5.41) is 12.8. The molecule has 1 heterocycles. The predicted octanol–water partition coefficient (Wildman–Crippen LogP) is 2.75. The number of piperidine rings is 1. The maximum absolute atomic E-state index is 11.8. The summed E-state index contributed by atoms with van der Waals surface area (Å²) < 4.78 is 5.11. The van der Waals surface area contributed by atoms with Gasteiger partial charge in [-0.05, 0) is 44.4 Å². The molecule has 0 bridgehead atoms. The minimum absolute atomic E-state index is 0. The van der Waals surface area contributed by atoms with Gasteiger partial charge >= 0.3 is 5.97 Å². The number of halogens is 1. The quantitative estimate of drug-likeness (QED) is 0.306. The SMILES string of the molecule is CCNC(=NCc1cccc(O)c1)N1CCC(C(=O)OCC)CC1.I. The monoisotopic (exact) mass is 461 g/mol. The van der Waals surface area contributed by atoms with Crippen LogP contribution < -0.4 is 5.32 Å². The number of esters is 1. The van der Waals surface area contributed by atoms with Gasteiger partial charge in [-0.25, -0.2) is 4.99 Å². The lowest BCUT2D eigenvalue weighted by Gasteiger charge is -2.33. The molecule has 7 heteroatoms. The molecule has 2 rings (SSSR count). The Morgan fingerprint density at radius 3 is 2.68 bits per heavy atom. The highest BCUT2D eigenvalue weighted by molar-refractivity contribution is 14.0. The van der Waals surface area contributed by atoms with Gasteiger partial charge in [-0.2, -0.15) is 0 Å². The fourth-order valence-electron chi connectivity index (χ4n) is 2.83. The van der Waals surface area contributed by atoms with Gasteiger partial charge in [0.05, 0.1) is 19.1 Å². The highest BCUT2D eigenvalue weighted by atomic mass is 127. The molecule has 0 spiro atoms. The van der Waals surface area contributed by atoms with Gasteiger partial charge in [0, 0.05) is 19.6 Å². The van der Waals surface area contributed by atoms with Crippen molar-refractivity contribution < 1.29 is 14.6 Å². The zero-order chi connectivity index (χ0) is 17.4. The zero-order valence-corrected chi connectivity index (χ0v) is 17.2. The number of rotatable bonds is 5. The highest BCUT2D eigenvalue weighted by Crippen LogP contribution is 2.19. The molecule has 1 saturated heterocycles. The van der Waals surface area contributed by atoms with Crippen molar-refractivity contribution in [1.82, 2.24) is 10.2 Å². The van der Waals surface area contributed by atoms with Crippen LogP contribution in [0.25, 0.3) is 0 Å². The summed E-state index contributed by atoms with van der Waals surface area (Å²) in [4.78, 5) is 18.7. The van der Waals surface area contributed by atoms with E-state index in [0.29, 0.717) is 13.2 Å². The van der Waals surface area contributed by atoms with Crippen LogP contribution in [-0.4, -0.2) is 48.2 Å². The number of phenolic OH excluding ortho intramolecular Hbond substituents is 1. The number of nitrogens with one attached hydrogen (secondary N) is 1. The van der Waals surface area contributed by atoms with Crippen LogP contribution in [0.4, 0.5) is 0 Å². The van der Waals surface area contributed by atoms with E-state index in [1.807, 2.05) is 26.0 Å². The van der Waals surface area contributed by atoms with Crippen LogP contribution in [0.1, 0.15) is 32.3 Å². The Labute approximate surface area is 166 Å². The fourth-order valence-corrected chi connectivity index (χ4v) is 2.83. The van der Waals surface area contributed by atoms with Crippen LogP contribution in [0.5, 0.6) is 5.75 Å². The van der Waals surface area contributed by atoms with Gasteiger partial charge in [0.2, 0.25) is 0 Å². The zero-order valence-electron chi connectivity index (χ0n) is 14.9. The molecular weight excluding hydrogens is 433 g/mol. The molecule has 0 unspecified atom stereocenters. The van der Waals surface area contributed by atoms with E-state index in [9.17, 15) is 9.90 Å². The molecule has 140 valence electrons. The summed E-state index contributed by atoms with van der Waals surface area (Å²) in [5.41, 5.74) is 0.965. The minimum atomic E-state index is -0.0844. The van der Waals surface area contributed by atoms with Crippen molar-refractivity contribution in [1.29, 1.82) is 0 Å². The maximum Gasteiger partial charge on any atom is 0.309 e. The lowest BCUT2D eigenvalue weighted by molar-refractivity contribution is -0.149. The van der Waals surface area contributed by atoms with Gasteiger partial charge in [-0.15, -0.1) is 24.0 Å². The summed E-state index contributed by atoms with van der Waals surface area (Å²) in [6.07, 6.45) is 1.57. The summed E-state index contributed by atoms with van der Waals surface area (Å²) in [5.74, 6) is 1.01. The maximum atomic E-state index is 11.8. The van der Waals surface area contributed by atoms with E-state index < -0.39 is 0 Å². The lowest BCUT2D eigenvalue weighted by Crippen LogP contribution is -2.46. The number of likely N-dealkylation sites (tertiary alicyclic amines) is 1. The van der Waals surface area contributed by atoms with Crippen molar-refractivity contribution in [3.05, 3.63) is 29.8 Å². The Hall–Kier alpha value is -1.51. The van der Waals surface area contributed by atoms with Gasteiger partial charge < -0.3 is 20.1 Å². The molecule has 0 aromatic heterocycles. The second-order valence-corrected chi connectivity index (χ2v) is 5.85. The normalized spacial score (nSPS) is 15.4. The number of aliphatic imine (C=N–C) groups is 1. The standard InChI is InChI=1S/C18H27N3O3.HI/c1-3-19-18(20-13-14-6-5-7-16(22)12-14)21-10-8-15(9-11-21)17(23)24-4-2;/h5-7,12,15,22H,3-4,8-11,13H2,1-2H3,(H,19,20);1H. The average molecular weight is 461 g/mol. The largest absolute Gasteiger partial charge is 0.508 e. The number of benzene rings is 1. The Balaban J connectivity index is 0.00000312. The number of nitrogens with zero attached hydrogens (tertiary/aromatic N) is 2. The number of aromatic hydroxyl groups is 1. The second-order valence-electron chi connectivity index (χ2n) is 5.85. The van der Waals surface area contributed by atoms with E-state index in [4.69, 9.17) is 4.74 Å². The molecule has 1 aromatic carbocycles. The third kappa shape index (κ3) is 6.72. The van der Waals surface area contributed by atoms with Crippen molar-refractivity contribution in [3.8, 4) is 5.75 Å². The van der Waals surface area contributed by atoms with Crippen molar-refractivity contribution in [2.24, 2.45) is 10.9 Å². The number of carbonyl (C=O) groups excluding carboxylic acids is 1. The van der Waals surface area contributed by atoms with Gasteiger partial charge in [0.25, 0.3) is 0 Å². The van der Waals surface area contributed by atoms with E-state index >= 15 is 0 Å². The van der Waals surface area contributed by atoms with Gasteiger partial charge in [0.15, 0.2) is 5.96 Å². The smallest absolute Gasteiger partial charge is 0.309 e. The molecule has 6 nitrogen and oxygen atoms in total. The molecular formula is C18H28IN3O3. The summed E-state index contributed by atoms with van der Waals surface area (Å²) in [6, 6.07) is 7.14. The molecule has 0 aliphatic carbocycles. The Bertz CT molecular complexity index is 572. The number of carbonyl (C=O) groups is 1. The molecule has 0 amide bonds. The predicted molar refractivity (Wildman–Crippen MR) is 109 cm³/mol. The molecule has 1 aliphatic heterocycles. The summed E-state index contributed by atoms with van der Waals surface area (Å²) in [6.45, 7) is 7.18. The number of hydrogen-bond donors (Lipinski definition) is 2. The van der Waals surface area contributed by atoms with E-state index in [2.05, 4.69) is 15.2 Å². The number of hydrogen-bond acceptors (Lipinski definition) is 4. The van der Waals surface area contributed by atoms with Gasteiger partial charge in [-0.1, -0.05) is 12.1 Å². The van der Waals surface area contributed by atoms with Gasteiger partial charge in [-0.3, -0.25) is 4.79 Å². The molecule has 1 fully saturated rings. The van der Waals surface area contributed by atoms with Crippen molar-refractivity contribution >= 4 is 35.9 Å². The Kier molecular flexibility index (Phi) is 9.62. The molecule has 0 atom stereocenters.